The minimum atomic E-state index is -0.826. The molecule has 0 atom stereocenters. The average Bonchev–Trinajstić information content (AvgIpc) is 2.56. The summed E-state index contributed by atoms with van der Waals surface area (Å²) < 4.78 is 0. The molecule has 5 heteroatoms. The summed E-state index contributed by atoms with van der Waals surface area (Å²) in [6, 6.07) is 0. The molecule has 0 heterocycles. The topological polar surface area (TPSA) is 14.1 Å². The van der Waals surface area contributed by atoms with Gasteiger partial charge >= 0.3 is 37.9 Å². The fourth-order valence-corrected chi connectivity index (χ4v) is 0.950. The van der Waals surface area contributed by atoms with Crippen molar-refractivity contribution in [1.82, 2.24) is 0 Å². The van der Waals surface area contributed by atoms with Crippen molar-refractivity contribution >= 4 is 26.5 Å². The zero-order valence-corrected chi connectivity index (χ0v) is 15.8. The van der Waals surface area contributed by atoms with Crippen molar-refractivity contribution in [2.45, 2.75) is 45.8 Å². The van der Waals surface area contributed by atoms with Gasteiger partial charge in [-0.25, -0.2) is 0 Å². The SMILES string of the molecule is CC(C)(C)[N-]C1=CC=CC1.C[SiH]C.[Cl][Zr][Cl]. The summed E-state index contributed by atoms with van der Waals surface area (Å²) in [6.07, 6.45) is 7.28. The molecule has 0 unspecified atom stereocenters. The van der Waals surface area contributed by atoms with Crippen molar-refractivity contribution < 1.29 is 20.8 Å². The molecule has 0 aromatic carbocycles. The third-order valence-electron chi connectivity index (χ3n) is 1.23. The molecule has 0 saturated carbocycles. The Morgan fingerprint density at radius 1 is 1.31 bits per heavy atom. The van der Waals surface area contributed by atoms with Gasteiger partial charge < -0.3 is 5.32 Å². The van der Waals surface area contributed by atoms with Gasteiger partial charge in [-0.1, -0.05) is 52.1 Å². The van der Waals surface area contributed by atoms with Gasteiger partial charge in [-0.2, -0.15) is 5.70 Å². The van der Waals surface area contributed by atoms with E-state index in [1.807, 2.05) is 0 Å². The Morgan fingerprint density at radius 2 is 1.75 bits per heavy atom. The van der Waals surface area contributed by atoms with E-state index < -0.39 is 20.8 Å². The molecular formula is C11H21Cl2NSiZr-. The van der Waals surface area contributed by atoms with Gasteiger partial charge in [0.15, 0.2) is 0 Å². The molecule has 16 heavy (non-hydrogen) atoms. The van der Waals surface area contributed by atoms with Gasteiger partial charge in [0.25, 0.3) is 0 Å². The van der Waals surface area contributed by atoms with Crippen LogP contribution in [0.15, 0.2) is 23.9 Å². The zero-order valence-electron chi connectivity index (χ0n) is 10.7. The molecule has 1 radical (unpaired) electrons. The van der Waals surface area contributed by atoms with Crippen LogP contribution >= 0.6 is 17.0 Å². The quantitative estimate of drug-likeness (QED) is 0.593. The number of halogens is 2. The van der Waals surface area contributed by atoms with Crippen LogP contribution in [0.4, 0.5) is 0 Å². The second-order valence-corrected chi connectivity index (χ2v) is 9.11. The maximum absolute atomic E-state index is 4.93. The maximum atomic E-state index is 4.93. The first kappa shape index (κ1) is 19.3. The van der Waals surface area contributed by atoms with E-state index in [0.29, 0.717) is 0 Å². The summed E-state index contributed by atoms with van der Waals surface area (Å²) in [6.45, 7) is 10.8. The molecule has 93 valence electrons. The first-order chi connectivity index (χ1) is 7.41. The molecule has 0 fully saturated rings. The molecule has 1 rings (SSSR count). The van der Waals surface area contributed by atoms with E-state index in [-0.39, 0.29) is 5.54 Å². The van der Waals surface area contributed by atoms with Crippen LogP contribution in [0.25, 0.3) is 5.32 Å². The fraction of sp³-hybridized carbons (Fsp3) is 0.636. The molecule has 1 aliphatic rings. The molecule has 1 nitrogen and oxygen atoms in total. The number of allylic oxidation sites excluding steroid dienone is 3. The Labute approximate surface area is 122 Å². The van der Waals surface area contributed by atoms with Crippen LogP contribution in [0.3, 0.4) is 0 Å². The third-order valence-corrected chi connectivity index (χ3v) is 1.23. The normalized spacial score (nSPS) is 12.8. The monoisotopic (exact) mass is 355 g/mol. The van der Waals surface area contributed by atoms with Crippen molar-refractivity contribution in [1.29, 1.82) is 0 Å². The number of hydrogen-bond donors (Lipinski definition) is 0. The first-order valence-corrected chi connectivity index (χ1v) is 13.8. The summed E-state index contributed by atoms with van der Waals surface area (Å²) in [5, 5.41) is 4.51. The van der Waals surface area contributed by atoms with Crippen molar-refractivity contribution in [3.8, 4) is 0 Å². The average molecular weight is 358 g/mol. The van der Waals surface area contributed by atoms with Gasteiger partial charge in [0.2, 0.25) is 0 Å². The number of rotatable bonds is 1. The van der Waals surface area contributed by atoms with Crippen LogP contribution in [0, 0.1) is 0 Å². The Hall–Kier alpha value is 0.960. The molecule has 0 N–H and O–H groups in total. The zero-order chi connectivity index (χ0) is 13.0. The summed E-state index contributed by atoms with van der Waals surface area (Å²) in [7, 11) is 10.6. The predicted molar refractivity (Wildman–Crippen MR) is 75.5 cm³/mol. The first-order valence-electron chi connectivity index (χ1n) is 5.20. The van der Waals surface area contributed by atoms with Gasteiger partial charge in [0, 0.05) is 9.52 Å². The third kappa shape index (κ3) is 17.4. The molecular weight excluding hydrogens is 336 g/mol. The van der Waals surface area contributed by atoms with Crippen molar-refractivity contribution in [3.05, 3.63) is 29.2 Å². The van der Waals surface area contributed by atoms with Gasteiger partial charge in [0.05, 0.1) is 0 Å². The second-order valence-electron chi connectivity index (χ2n) is 4.22. The molecule has 0 amide bonds. The number of nitrogens with zero attached hydrogens (tertiary/aromatic N) is 1. The van der Waals surface area contributed by atoms with E-state index in [1.54, 1.807) is 0 Å². The molecule has 0 aliphatic heterocycles. The molecule has 1 aliphatic carbocycles. The van der Waals surface area contributed by atoms with Crippen LogP contribution in [0.2, 0.25) is 13.1 Å². The fourth-order valence-electron chi connectivity index (χ4n) is 0.950. The van der Waals surface area contributed by atoms with Gasteiger partial charge in [-0.05, 0) is 6.42 Å². The van der Waals surface area contributed by atoms with E-state index in [0.717, 1.165) is 15.9 Å². The summed E-state index contributed by atoms with van der Waals surface area (Å²) in [5.74, 6) is 0. The van der Waals surface area contributed by atoms with E-state index in [9.17, 15) is 0 Å². The van der Waals surface area contributed by atoms with Crippen LogP contribution in [0.5, 0.6) is 0 Å². The minimum absolute atomic E-state index is 0.0812. The summed E-state index contributed by atoms with van der Waals surface area (Å²) >= 11 is -0.826. The van der Waals surface area contributed by atoms with Crippen LogP contribution in [-0.4, -0.2) is 15.1 Å². The van der Waals surface area contributed by atoms with E-state index in [4.69, 9.17) is 17.0 Å². The van der Waals surface area contributed by atoms with E-state index >= 15 is 0 Å². The van der Waals surface area contributed by atoms with Crippen molar-refractivity contribution in [2.24, 2.45) is 0 Å². The Morgan fingerprint density at radius 3 is 2.00 bits per heavy atom. The van der Waals surface area contributed by atoms with Crippen LogP contribution in [-0.2, 0) is 20.8 Å². The summed E-state index contributed by atoms with van der Waals surface area (Å²) in [4.78, 5) is 0. The molecule has 0 spiro atoms. The Balaban J connectivity index is 0. The standard InChI is InChI=1S/C9H14N.C2H7Si.2ClH.Zr/c1-9(2,3)10-8-6-4-5-7-8;1-3-2;;;/h4-6H,7H2,1-3H3;3H,1-2H3;2*1H;/q-1;;;;+2/p-2. The summed E-state index contributed by atoms with van der Waals surface area (Å²) in [5.41, 5.74) is 1.28. The predicted octanol–water partition coefficient (Wildman–Crippen LogP) is 4.90. The molecule has 0 aromatic rings. The number of hydrogen-bond acceptors (Lipinski definition) is 0. The van der Waals surface area contributed by atoms with Crippen molar-refractivity contribution in [3.63, 3.8) is 0 Å². The Kier molecular flexibility index (Phi) is 15.0. The molecule has 0 saturated heterocycles. The van der Waals surface area contributed by atoms with E-state index in [1.165, 1.54) is 5.70 Å². The molecule has 0 aromatic heterocycles. The van der Waals surface area contributed by atoms with Gasteiger partial charge in [-0.3, -0.25) is 0 Å². The van der Waals surface area contributed by atoms with Gasteiger partial charge in [-0.15, -0.1) is 5.54 Å². The second kappa shape index (κ2) is 12.4. The van der Waals surface area contributed by atoms with Crippen LogP contribution < -0.4 is 0 Å². The molecule has 0 bridgehead atoms. The van der Waals surface area contributed by atoms with E-state index in [2.05, 4.69) is 57.4 Å². The Bertz CT molecular complexity index is 211. The van der Waals surface area contributed by atoms with Crippen LogP contribution in [0.1, 0.15) is 27.2 Å². The van der Waals surface area contributed by atoms with Gasteiger partial charge in [0.1, 0.15) is 0 Å². The van der Waals surface area contributed by atoms with Crippen molar-refractivity contribution in [2.75, 3.05) is 0 Å².